The molecule has 0 saturated heterocycles. The summed E-state index contributed by atoms with van der Waals surface area (Å²) in [6.45, 7) is 20.9. The smallest absolute Gasteiger partial charge is 0.214 e. The standard InChI is InChI=1S/C18H37FO3Si2/c1-16(2,3)23(7,8)21-13-18(19)14(20)11-12-15(18)22-24(9,10)17(4,5)6/h15H,11-13H2,1-10H3/t15-,18+/m0/s1. The van der Waals surface area contributed by atoms with E-state index < -0.39 is 28.4 Å². The van der Waals surface area contributed by atoms with Gasteiger partial charge in [0.2, 0.25) is 5.67 Å². The molecule has 2 atom stereocenters. The van der Waals surface area contributed by atoms with Crippen molar-refractivity contribution in [3.63, 3.8) is 0 Å². The van der Waals surface area contributed by atoms with Crippen LogP contribution in [-0.2, 0) is 13.6 Å². The minimum absolute atomic E-state index is 0.0131. The van der Waals surface area contributed by atoms with E-state index in [-0.39, 0.29) is 28.9 Å². The summed E-state index contributed by atoms with van der Waals surface area (Å²) in [5.74, 6) is -0.357. The van der Waals surface area contributed by atoms with Crippen molar-refractivity contribution in [2.45, 2.75) is 102 Å². The summed E-state index contributed by atoms with van der Waals surface area (Å²) in [4.78, 5) is 12.3. The van der Waals surface area contributed by atoms with Gasteiger partial charge in [-0.15, -0.1) is 0 Å². The number of hydrogen-bond donors (Lipinski definition) is 0. The monoisotopic (exact) mass is 376 g/mol. The first-order valence-electron chi connectivity index (χ1n) is 8.98. The molecular weight excluding hydrogens is 339 g/mol. The molecule has 3 nitrogen and oxygen atoms in total. The van der Waals surface area contributed by atoms with Gasteiger partial charge in [0.15, 0.2) is 22.4 Å². The minimum Gasteiger partial charge on any atom is -0.413 e. The summed E-state index contributed by atoms with van der Waals surface area (Å²) in [5.41, 5.74) is -1.99. The van der Waals surface area contributed by atoms with Gasteiger partial charge in [-0.3, -0.25) is 4.79 Å². The highest BCUT2D eigenvalue weighted by Gasteiger charge is 2.56. The fourth-order valence-corrected chi connectivity index (χ4v) is 4.61. The van der Waals surface area contributed by atoms with Crippen LogP contribution in [0.25, 0.3) is 0 Å². The lowest BCUT2D eigenvalue weighted by Crippen LogP contribution is -2.54. The number of ketones is 1. The van der Waals surface area contributed by atoms with Crippen LogP contribution in [0.15, 0.2) is 0 Å². The summed E-state index contributed by atoms with van der Waals surface area (Å²) in [6.07, 6.45) is 0.0370. The number of Topliss-reactive ketones (excluding diaryl/α,β-unsaturated/α-hetero) is 1. The predicted molar refractivity (Wildman–Crippen MR) is 103 cm³/mol. The first-order valence-corrected chi connectivity index (χ1v) is 14.8. The van der Waals surface area contributed by atoms with Gasteiger partial charge in [0, 0.05) is 6.42 Å². The summed E-state index contributed by atoms with van der Waals surface area (Å²) in [7, 11) is -4.25. The van der Waals surface area contributed by atoms with Gasteiger partial charge in [0.05, 0.1) is 12.7 Å². The lowest BCUT2D eigenvalue weighted by atomic mass is 10.0. The average Bonchev–Trinajstić information content (AvgIpc) is 2.62. The number of hydrogen-bond acceptors (Lipinski definition) is 3. The van der Waals surface area contributed by atoms with Crippen LogP contribution in [0, 0.1) is 0 Å². The highest BCUT2D eigenvalue weighted by molar-refractivity contribution is 6.74. The maximum absolute atomic E-state index is 15.7. The van der Waals surface area contributed by atoms with Crippen LogP contribution in [0.2, 0.25) is 36.3 Å². The van der Waals surface area contributed by atoms with E-state index in [1.54, 1.807) is 0 Å². The van der Waals surface area contributed by atoms with Crippen molar-refractivity contribution in [2.24, 2.45) is 0 Å². The molecule has 1 rings (SSSR count). The van der Waals surface area contributed by atoms with Crippen LogP contribution in [-0.4, -0.2) is 40.8 Å². The zero-order valence-electron chi connectivity index (χ0n) is 17.3. The van der Waals surface area contributed by atoms with E-state index in [0.717, 1.165) is 0 Å². The molecule has 0 heterocycles. The van der Waals surface area contributed by atoms with Gasteiger partial charge in [-0.05, 0) is 42.7 Å². The Morgan fingerprint density at radius 3 is 1.92 bits per heavy atom. The van der Waals surface area contributed by atoms with Crippen molar-refractivity contribution in [3.8, 4) is 0 Å². The number of carbonyl (C=O) groups excluding carboxylic acids is 1. The summed E-state index contributed by atoms with van der Waals surface area (Å²) >= 11 is 0. The topological polar surface area (TPSA) is 35.5 Å². The van der Waals surface area contributed by atoms with E-state index in [4.69, 9.17) is 8.85 Å². The van der Waals surface area contributed by atoms with Crippen LogP contribution in [0.4, 0.5) is 4.39 Å². The van der Waals surface area contributed by atoms with Gasteiger partial charge in [-0.2, -0.15) is 0 Å². The van der Waals surface area contributed by atoms with E-state index in [1.165, 1.54) is 0 Å². The van der Waals surface area contributed by atoms with Crippen molar-refractivity contribution < 1.29 is 18.0 Å². The molecule has 0 aromatic carbocycles. The van der Waals surface area contributed by atoms with E-state index in [9.17, 15) is 4.79 Å². The Balaban J connectivity index is 2.95. The third-order valence-corrected chi connectivity index (χ3v) is 15.3. The van der Waals surface area contributed by atoms with Crippen LogP contribution >= 0.6 is 0 Å². The minimum atomic E-state index is -2.14. The Hall–Kier alpha value is -0.0462. The Kier molecular flexibility index (Phi) is 6.05. The van der Waals surface area contributed by atoms with Crippen molar-refractivity contribution in [1.29, 1.82) is 0 Å². The Morgan fingerprint density at radius 2 is 1.50 bits per heavy atom. The van der Waals surface area contributed by atoms with Crippen molar-refractivity contribution >= 4 is 22.4 Å². The molecule has 1 aliphatic rings. The molecule has 0 aromatic heterocycles. The third kappa shape index (κ3) is 4.37. The SMILES string of the molecule is CC(C)(C)[Si](C)(C)OC[C@@]1(F)C(=O)CC[C@@H]1O[Si](C)(C)C(C)(C)C. The van der Waals surface area contributed by atoms with Crippen molar-refractivity contribution in [3.05, 3.63) is 0 Å². The van der Waals surface area contributed by atoms with Crippen LogP contribution in [0.1, 0.15) is 54.4 Å². The lowest BCUT2D eigenvalue weighted by Gasteiger charge is -2.42. The molecule has 1 aliphatic carbocycles. The van der Waals surface area contributed by atoms with E-state index in [1.807, 2.05) is 0 Å². The maximum atomic E-state index is 15.7. The summed E-state index contributed by atoms with van der Waals surface area (Å²) in [5, 5.41) is -0.0272. The van der Waals surface area contributed by atoms with Gasteiger partial charge < -0.3 is 8.85 Å². The molecule has 0 radical (unpaired) electrons. The molecule has 1 saturated carbocycles. The van der Waals surface area contributed by atoms with Gasteiger partial charge in [0.25, 0.3) is 0 Å². The molecule has 1 fully saturated rings. The highest BCUT2D eigenvalue weighted by atomic mass is 28.4. The quantitative estimate of drug-likeness (QED) is 0.597. The molecule has 6 heteroatoms. The maximum Gasteiger partial charge on any atom is 0.214 e. The van der Waals surface area contributed by atoms with Gasteiger partial charge >= 0.3 is 0 Å². The third-order valence-electron chi connectivity index (χ3n) is 6.30. The molecule has 0 spiro atoms. The van der Waals surface area contributed by atoms with Gasteiger partial charge in [-0.1, -0.05) is 41.5 Å². The zero-order valence-corrected chi connectivity index (χ0v) is 19.3. The number of halogens is 1. The van der Waals surface area contributed by atoms with E-state index >= 15 is 4.39 Å². The van der Waals surface area contributed by atoms with Gasteiger partial charge in [-0.25, -0.2) is 4.39 Å². The highest BCUT2D eigenvalue weighted by Crippen LogP contribution is 2.44. The fraction of sp³-hybridized carbons (Fsp3) is 0.944. The van der Waals surface area contributed by atoms with Crippen LogP contribution in [0.5, 0.6) is 0 Å². The second-order valence-corrected chi connectivity index (χ2v) is 19.8. The molecule has 0 bridgehead atoms. The summed E-state index contributed by atoms with van der Waals surface area (Å²) < 4.78 is 28.0. The first kappa shape index (κ1) is 22.0. The average molecular weight is 377 g/mol. The van der Waals surface area contributed by atoms with Crippen LogP contribution < -0.4 is 0 Å². The Bertz CT molecular complexity index is 478. The molecule has 0 N–H and O–H groups in total. The Labute approximate surface area is 150 Å². The largest absolute Gasteiger partial charge is 0.413 e. The normalized spacial score (nSPS) is 27.0. The first-order chi connectivity index (χ1) is 10.4. The molecule has 142 valence electrons. The Morgan fingerprint density at radius 1 is 1.04 bits per heavy atom. The second-order valence-electron chi connectivity index (χ2n) is 10.2. The van der Waals surface area contributed by atoms with Crippen molar-refractivity contribution in [1.82, 2.24) is 0 Å². The number of rotatable bonds is 5. The molecule has 0 aliphatic heterocycles. The number of alkyl halides is 1. The second kappa shape index (κ2) is 6.60. The van der Waals surface area contributed by atoms with Gasteiger partial charge in [0.1, 0.15) is 0 Å². The van der Waals surface area contributed by atoms with Crippen molar-refractivity contribution in [2.75, 3.05) is 6.61 Å². The molecule has 0 amide bonds. The molecule has 0 unspecified atom stereocenters. The predicted octanol–water partition coefficient (Wildman–Crippen LogP) is 5.47. The molecule has 24 heavy (non-hydrogen) atoms. The molecular formula is C18H37FO3Si2. The molecule has 0 aromatic rings. The lowest BCUT2D eigenvalue weighted by molar-refractivity contribution is -0.133. The number of carbonyl (C=O) groups is 1. The van der Waals surface area contributed by atoms with E-state index in [0.29, 0.717) is 6.42 Å². The zero-order chi connectivity index (χ0) is 19.2. The van der Waals surface area contributed by atoms with E-state index in [2.05, 4.69) is 67.7 Å². The van der Waals surface area contributed by atoms with Crippen LogP contribution in [0.3, 0.4) is 0 Å². The summed E-state index contributed by atoms with van der Waals surface area (Å²) in [6, 6.07) is 0. The fourth-order valence-electron chi connectivity index (χ4n) is 2.24.